The number of anilines is 1. The fourth-order valence-corrected chi connectivity index (χ4v) is 5.74. The molecule has 216 valence electrons. The predicted octanol–water partition coefficient (Wildman–Crippen LogP) is 2.58. The van der Waals surface area contributed by atoms with Gasteiger partial charge in [0.05, 0.1) is 5.52 Å². The third-order valence-corrected chi connectivity index (χ3v) is 8.19. The molecule has 3 aliphatic heterocycles. The number of imide groups is 1. The van der Waals surface area contributed by atoms with E-state index < -0.39 is 5.60 Å². The van der Waals surface area contributed by atoms with Gasteiger partial charge in [0.25, 0.3) is 11.8 Å². The highest BCUT2D eigenvalue weighted by atomic mass is 16.6. The quantitative estimate of drug-likeness (QED) is 0.442. The Morgan fingerprint density at radius 1 is 1.00 bits per heavy atom. The predicted molar refractivity (Wildman–Crippen MR) is 159 cm³/mol. The van der Waals surface area contributed by atoms with Gasteiger partial charge in [-0.3, -0.25) is 24.8 Å². The second-order valence-electron chi connectivity index (χ2n) is 12.3. The smallest absolute Gasteiger partial charge is 0.410 e. The van der Waals surface area contributed by atoms with Gasteiger partial charge in [0.1, 0.15) is 19.3 Å². The first kappa shape index (κ1) is 29.1. The van der Waals surface area contributed by atoms with Crippen LogP contribution >= 0.6 is 0 Å². The zero-order chi connectivity index (χ0) is 29.5. The number of piperazine rings is 1. The molecule has 41 heavy (non-hydrogen) atoms. The number of nitrogens with one attached hydrogen (secondary N) is 1. The van der Waals surface area contributed by atoms with Crippen LogP contribution in [0.15, 0.2) is 35.4 Å². The number of ether oxygens (including phenoxy) is 1. The summed E-state index contributed by atoms with van der Waals surface area (Å²) >= 11 is 0. The minimum absolute atomic E-state index is 0.221. The summed E-state index contributed by atoms with van der Waals surface area (Å²) in [5.41, 5.74) is 5.68. The van der Waals surface area contributed by atoms with Crippen molar-refractivity contribution in [2.24, 2.45) is 0 Å². The summed E-state index contributed by atoms with van der Waals surface area (Å²) in [7, 11) is 6.06. The van der Waals surface area contributed by atoms with Gasteiger partial charge >= 0.3 is 6.09 Å². The van der Waals surface area contributed by atoms with Crippen molar-refractivity contribution in [1.82, 2.24) is 24.7 Å². The zero-order valence-corrected chi connectivity index (χ0v) is 24.7. The van der Waals surface area contributed by atoms with Crippen LogP contribution in [0.3, 0.4) is 0 Å². The largest absolute Gasteiger partial charge is 0.444 e. The van der Waals surface area contributed by atoms with Crippen molar-refractivity contribution >= 4 is 47.9 Å². The molecule has 5 rings (SSSR count). The number of aromatic nitrogens is 1. The summed E-state index contributed by atoms with van der Waals surface area (Å²) in [6.45, 7) is 14.9. The van der Waals surface area contributed by atoms with Crippen molar-refractivity contribution in [3.63, 3.8) is 0 Å². The molecule has 2 fully saturated rings. The van der Waals surface area contributed by atoms with Crippen LogP contribution in [0, 0.1) is 0 Å². The first-order valence-corrected chi connectivity index (χ1v) is 14.4. The van der Waals surface area contributed by atoms with Crippen LogP contribution in [-0.4, -0.2) is 101 Å². The Morgan fingerprint density at radius 3 is 2.24 bits per heavy atom. The molecule has 1 N–H and O–H groups in total. The first-order valence-electron chi connectivity index (χ1n) is 14.4. The molecule has 3 aliphatic rings. The van der Waals surface area contributed by atoms with Gasteiger partial charge in [-0.2, -0.15) is 5.01 Å². The number of benzene rings is 1. The number of hydrazine groups is 1. The maximum Gasteiger partial charge on any atom is 0.410 e. The molecule has 11 heteroatoms. The van der Waals surface area contributed by atoms with Crippen LogP contribution in [0.1, 0.15) is 53.0 Å². The summed E-state index contributed by atoms with van der Waals surface area (Å²) in [5.74, 6) is -0.300. The number of hydrogen-bond acceptors (Lipinski definition) is 8. The van der Waals surface area contributed by atoms with Gasteiger partial charge in [0, 0.05) is 68.4 Å². The lowest BCUT2D eigenvalue weighted by atomic mass is 9.94. The van der Waals surface area contributed by atoms with E-state index in [4.69, 9.17) is 12.6 Å². The molecule has 0 aliphatic carbocycles. The highest BCUT2D eigenvalue weighted by Crippen LogP contribution is 2.26. The Hall–Kier alpha value is -3.44. The molecule has 2 saturated heterocycles. The van der Waals surface area contributed by atoms with E-state index in [1.807, 2.05) is 49.9 Å². The van der Waals surface area contributed by atoms with Crippen molar-refractivity contribution in [2.75, 3.05) is 44.7 Å². The highest BCUT2D eigenvalue weighted by Gasteiger charge is 2.34. The van der Waals surface area contributed by atoms with E-state index in [0.717, 1.165) is 68.1 Å². The average Bonchev–Trinajstić information content (AvgIpc) is 3.10. The number of carbonyl (C=O) groups excluding carboxylic acids is 3. The van der Waals surface area contributed by atoms with Gasteiger partial charge in [-0.05, 0) is 65.2 Å². The van der Waals surface area contributed by atoms with E-state index >= 15 is 0 Å². The number of piperidine rings is 1. The molecular weight excluding hydrogens is 519 g/mol. The van der Waals surface area contributed by atoms with Gasteiger partial charge in [-0.25, -0.2) is 9.78 Å². The number of hydrogen-bond donors (Lipinski definition) is 1. The van der Waals surface area contributed by atoms with Crippen molar-refractivity contribution in [3.05, 3.63) is 41.0 Å². The van der Waals surface area contributed by atoms with E-state index in [9.17, 15) is 14.4 Å². The molecule has 2 aromatic rings. The van der Waals surface area contributed by atoms with E-state index in [2.05, 4.69) is 20.2 Å². The molecule has 0 spiro atoms. The van der Waals surface area contributed by atoms with E-state index in [1.54, 1.807) is 13.8 Å². The lowest BCUT2D eigenvalue weighted by Gasteiger charge is -2.43. The molecule has 1 aromatic heterocycles. The van der Waals surface area contributed by atoms with E-state index in [0.29, 0.717) is 40.5 Å². The van der Waals surface area contributed by atoms with Crippen LogP contribution in [-0.2, 0) is 20.9 Å². The Balaban J connectivity index is 1.22. The van der Waals surface area contributed by atoms with Crippen LogP contribution in [0.4, 0.5) is 10.6 Å². The van der Waals surface area contributed by atoms with Crippen LogP contribution in [0.5, 0.6) is 0 Å². The Kier molecular flexibility index (Phi) is 8.12. The fourth-order valence-electron chi connectivity index (χ4n) is 5.74. The monoisotopic (exact) mass is 558 g/mol. The van der Waals surface area contributed by atoms with Gasteiger partial charge < -0.3 is 9.64 Å². The molecular formula is C30H39BN6O4. The van der Waals surface area contributed by atoms with Gasteiger partial charge in [-0.15, -0.1) is 0 Å². The third-order valence-electron chi connectivity index (χ3n) is 8.19. The second-order valence-corrected chi connectivity index (χ2v) is 12.3. The van der Waals surface area contributed by atoms with Gasteiger partial charge in [-0.1, -0.05) is 17.6 Å². The molecule has 1 aromatic carbocycles. The highest BCUT2D eigenvalue weighted by molar-refractivity contribution is 6.33. The van der Waals surface area contributed by atoms with Crippen LogP contribution in [0.2, 0.25) is 0 Å². The minimum atomic E-state index is -0.480. The van der Waals surface area contributed by atoms with Crippen molar-refractivity contribution in [2.45, 2.75) is 65.6 Å². The second kappa shape index (κ2) is 11.4. The molecule has 0 atom stereocenters. The fraction of sp³-hybridized carbons (Fsp3) is 0.533. The summed E-state index contributed by atoms with van der Waals surface area (Å²) in [6.07, 6.45) is 1.68. The third kappa shape index (κ3) is 6.41. The molecule has 0 saturated carbocycles. The van der Waals surface area contributed by atoms with E-state index in [-0.39, 0.29) is 17.9 Å². The topological polar surface area (TPSA) is 98.3 Å². The van der Waals surface area contributed by atoms with Crippen LogP contribution < -0.4 is 10.9 Å². The number of likely N-dealkylation sites (tertiary alicyclic amines) is 1. The number of amides is 3. The normalized spacial score (nSPS) is 19.9. The molecule has 0 unspecified atom stereocenters. The zero-order valence-electron chi connectivity index (χ0n) is 24.7. The number of nitrogens with zero attached hydrogens (tertiary/aromatic N) is 5. The van der Waals surface area contributed by atoms with E-state index in [1.165, 1.54) is 0 Å². The van der Waals surface area contributed by atoms with Crippen LogP contribution in [0.25, 0.3) is 10.9 Å². The summed E-state index contributed by atoms with van der Waals surface area (Å²) in [4.78, 5) is 49.1. The standard InChI is InChI=1S/C30H39BN6O4/c1-19-20(2)28(39)37(27(19)38)33-26-16-21(24-7-6-22(31)17-25(24)32-26)18-34-12-14-35(15-13-34)23-8-10-36(11-9-23)29(40)41-30(3,4)5/h6-7,16-17,23H,8-15,18H2,1-5H3,(H,32,33). The summed E-state index contributed by atoms with van der Waals surface area (Å²) in [6, 6.07) is 8.04. The lowest BCUT2D eigenvalue weighted by molar-refractivity contribution is -0.135. The summed E-state index contributed by atoms with van der Waals surface area (Å²) in [5, 5.41) is 2.02. The Labute approximate surface area is 243 Å². The van der Waals surface area contributed by atoms with Crippen molar-refractivity contribution < 1.29 is 19.1 Å². The lowest BCUT2D eigenvalue weighted by Crippen LogP contribution is -2.53. The minimum Gasteiger partial charge on any atom is -0.444 e. The molecule has 0 bridgehead atoms. The number of pyridine rings is 1. The average molecular weight is 558 g/mol. The van der Waals surface area contributed by atoms with Gasteiger partial charge in [0.15, 0.2) is 0 Å². The molecule has 3 amide bonds. The Morgan fingerprint density at radius 2 is 1.63 bits per heavy atom. The summed E-state index contributed by atoms with van der Waals surface area (Å²) < 4.78 is 5.54. The Bertz CT molecular complexity index is 1360. The number of rotatable bonds is 5. The SMILES string of the molecule is [B]c1ccc2c(CN3CCN(C4CCN(C(=O)OC(C)(C)C)CC4)CC3)cc(NN3C(=O)C(C)=C(C)C3=O)nc2c1. The van der Waals surface area contributed by atoms with Crippen molar-refractivity contribution in [3.8, 4) is 0 Å². The first-order chi connectivity index (χ1) is 19.4. The molecule has 10 nitrogen and oxygen atoms in total. The number of carbonyl (C=O) groups is 3. The maximum atomic E-state index is 12.6. The molecule has 2 radical (unpaired) electrons. The van der Waals surface area contributed by atoms with Crippen molar-refractivity contribution in [1.29, 1.82) is 0 Å². The maximum absolute atomic E-state index is 12.6. The molecule has 4 heterocycles. The number of fused-ring (bicyclic) bond motifs is 1. The van der Waals surface area contributed by atoms with Gasteiger partial charge in [0.2, 0.25) is 0 Å².